The molecule has 1 aromatic carbocycles. The third-order valence-corrected chi connectivity index (χ3v) is 5.74. The van der Waals surface area contributed by atoms with Gasteiger partial charge in [0.2, 0.25) is 5.91 Å². The van der Waals surface area contributed by atoms with Crippen LogP contribution in [0.1, 0.15) is 29.4 Å². The van der Waals surface area contributed by atoms with Gasteiger partial charge in [0.15, 0.2) is 9.84 Å². The molecule has 6 nitrogen and oxygen atoms in total. The van der Waals surface area contributed by atoms with Gasteiger partial charge in [0.05, 0.1) is 23.1 Å². The molecule has 0 N–H and O–H groups in total. The molecule has 1 atom stereocenters. The molecule has 1 aromatic heterocycles. The minimum absolute atomic E-state index is 0.0659. The summed E-state index contributed by atoms with van der Waals surface area (Å²) in [6, 6.07) is 8.81. The highest BCUT2D eigenvalue weighted by atomic mass is 32.2. The SMILES string of the molecule is Cc1cc(C)n([C@@H]2CCN(C(=O)Cc3ccc(S(C)(=O)=O)cc3)C2)n1. The van der Waals surface area contributed by atoms with Gasteiger partial charge in [-0.05, 0) is 44.0 Å². The summed E-state index contributed by atoms with van der Waals surface area (Å²) in [6.07, 6.45) is 2.37. The summed E-state index contributed by atoms with van der Waals surface area (Å²) < 4.78 is 25.0. The number of hydrogen-bond acceptors (Lipinski definition) is 4. The Labute approximate surface area is 148 Å². The first-order chi connectivity index (χ1) is 11.7. The van der Waals surface area contributed by atoms with Crippen molar-refractivity contribution < 1.29 is 13.2 Å². The van der Waals surface area contributed by atoms with Crippen LogP contribution in [-0.4, -0.2) is 48.4 Å². The Balaban J connectivity index is 1.63. The van der Waals surface area contributed by atoms with E-state index in [4.69, 9.17) is 0 Å². The lowest BCUT2D eigenvalue weighted by Crippen LogP contribution is -2.30. The summed E-state index contributed by atoms with van der Waals surface area (Å²) in [7, 11) is -3.21. The molecule has 2 heterocycles. The van der Waals surface area contributed by atoms with Crippen molar-refractivity contribution in [3.63, 3.8) is 0 Å². The van der Waals surface area contributed by atoms with Gasteiger partial charge in [-0.15, -0.1) is 0 Å². The second-order valence-electron chi connectivity index (χ2n) is 6.75. The third kappa shape index (κ3) is 3.92. The minimum Gasteiger partial charge on any atom is -0.340 e. The molecule has 0 unspecified atom stereocenters. The van der Waals surface area contributed by atoms with Crippen molar-refractivity contribution in [1.29, 1.82) is 0 Å². The molecule has 0 spiro atoms. The normalized spacial score (nSPS) is 17.9. The Hall–Kier alpha value is -2.15. The van der Waals surface area contributed by atoms with Gasteiger partial charge in [-0.1, -0.05) is 12.1 Å². The van der Waals surface area contributed by atoms with Crippen LogP contribution in [0.3, 0.4) is 0 Å². The van der Waals surface area contributed by atoms with Gasteiger partial charge >= 0.3 is 0 Å². The smallest absolute Gasteiger partial charge is 0.227 e. The van der Waals surface area contributed by atoms with Crippen LogP contribution >= 0.6 is 0 Å². The van der Waals surface area contributed by atoms with Crippen LogP contribution in [0.4, 0.5) is 0 Å². The topological polar surface area (TPSA) is 72.3 Å². The highest BCUT2D eigenvalue weighted by Crippen LogP contribution is 2.24. The number of benzene rings is 1. The molecule has 1 fully saturated rings. The minimum atomic E-state index is -3.21. The summed E-state index contributed by atoms with van der Waals surface area (Å²) in [5.41, 5.74) is 2.94. The molecule has 0 saturated carbocycles. The quantitative estimate of drug-likeness (QED) is 0.834. The summed E-state index contributed by atoms with van der Waals surface area (Å²) in [5.74, 6) is 0.0659. The molecule has 1 amide bonds. The first-order valence-corrected chi connectivity index (χ1v) is 10.2. The van der Waals surface area contributed by atoms with Crippen LogP contribution in [0.25, 0.3) is 0 Å². The van der Waals surface area contributed by atoms with Crippen LogP contribution in [0.15, 0.2) is 35.2 Å². The maximum absolute atomic E-state index is 12.5. The second-order valence-corrected chi connectivity index (χ2v) is 8.76. The van der Waals surface area contributed by atoms with Crippen LogP contribution in [0, 0.1) is 13.8 Å². The van der Waals surface area contributed by atoms with Gasteiger partial charge in [-0.25, -0.2) is 8.42 Å². The Bertz CT molecular complexity index is 885. The lowest BCUT2D eigenvalue weighted by molar-refractivity contribution is -0.129. The van der Waals surface area contributed by atoms with Gasteiger partial charge < -0.3 is 4.90 Å². The van der Waals surface area contributed by atoms with Crippen LogP contribution in [0.5, 0.6) is 0 Å². The van der Waals surface area contributed by atoms with Crippen molar-refractivity contribution in [3.05, 3.63) is 47.3 Å². The zero-order valence-electron chi connectivity index (χ0n) is 14.8. The second kappa shape index (κ2) is 6.63. The number of sulfone groups is 1. The average molecular weight is 361 g/mol. The fourth-order valence-electron chi connectivity index (χ4n) is 3.32. The van der Waals surface area contributed by atoms with Crippen molar-refractivity contribution >= 4 is 15.7 Å². The zero-order chi connectivity index (χ0) is 18.2. The Morgan fingerprint density at radius 3 is 2.48 bits per heavy atom. The number of aromatic nitrogens is 2. The molecule has 1 saturated heterocycles. The number of aryl methyl sites for hydroxylation is 2. The molecule has 2 aromatic rings. The van der Waals surface area contributed by atoms with Crippen molar-refractivity contribution in [3.8, 4) is 0 Å². The van der Waals surface area contributed by atoms with E-state index >= 15 is 0 Å². The van der Waals surface area contributed by atoms with Crippen LogP contribution < -0.4 is 0 Å². The molecule has 0 radical (unpaired) electrons. The van der Waals surface area contributed by atoms with E-state index in [1.54, 1.807) is 24.3 Å². The van der Waals surface area contributed by atoms with Gasteiger partial charge in [-0.3, -0.25) is 9.48 Å². The summed E-state index contributed by atoms with van der Waals surface area (Å²) in [5, 5.41) is 4.52. The Morgan fingerprint density at radius 1 is 1.24 bits per heavy atom. The molecule has 0 aliphatic carbocycles. The largest absolute Gasteiger partial charge is 0.340 e. The van der Waals surface area contributed by atoms with Crippen LogP contribution in [-0.2, 0) is 21.1 Å². The number of hydrogen-bond donors (Lipinski definition) is 0. The summed E-state index contributed by atoms with van der Waals surface area (Å²) >= 11 is 0. The Morgan fingerprint density at radius 2 is 1.92 bits per heavy atom. The van der Waals surface area contributed by atoms with E-state index in [0.717, 1.165) is 29.9 Å². The van der Waals surface area contributed by atoms with E-state index in [1.807, 2.05) is 29.5 Å². The van der Waals surface area contributed by atoms with E-state index in [-0.39, 0.29) is 23.3 Å². The maximum atomic E-state index is 12.5. The van der Waals surface area contributed by atoms with E-state index < -0.39 is 9.84 Å². The van der Waals surface area contributed by atoms with E-state index in [1.165, 1.54) is 6.26 Å². The highest BCUT2D eigenvalue weighted by molar-refractivity contribution is 7.90. The monoisotopic (exact) mass is 361 g/mol. The fourth-order valence-corrected chi connectivity index (χ4v) is 3.96. The van der Waals surface area contributed by atoms with Crippen molar-refractivity contribution in [2.24, 2.45) is 0 Å². The Kier molecular flexibility index (Phi) is 4.69. The van der Waals surface area contributed by atoms with E-state index in [0.29, 0.717) is 6.54 Å². The predicted molar refractivity (Wildman–Crippen MR) is 95.2 cm³/mol. The van der Waals surface area contributed by atoms with E-state index in [9.17, 15) is 13.2 Å². The zero-order valence-corrected chi connectivity index (χ0v) is 15.6. The highest BCUT2D eigenvalue weighted by Gasteiger charge is 2.28. The number of likely N-dealkylation sites (tertiary alicyclic amines) is 1. The number of carbonyl (C=O) groups is 1. The van der Waals surface area contributed by atoms with Crippen LogP contribution in [0.2, 0.25) is 0 Å². The summed E-state index contributed by atoms with van der Waals surface area (Å²) in [4.78, 5) is 14.7. The number of rotatable bonds is 4. The number of nitrogens with zero attached hydrogens (tertiary/aromatic N) is 3. The van der Waals surface area contributed by atoms with Gasteiger partial charge in [0.25, 0.3) is 0 Å². The van der Waals surface area contributed by atoms with Gasteiger partial charge in [-0.2, -0.15) is 5.10 Å². The molecule has 25 heavy (non-hydrogen) atoms. The molecule has 1 aliphatic rings. The van der Waals surface area contributed by atoms with Gasteiger partial charge in [0.1, 0.15) is 0 Å². The molecule has 1 aliphatic heterocycles. The lowest BCUT2D eigenvalue weighted by Gasteiger charge is -2.17. The predicted octanol–water partition coefficient (Wildman–Crippen LogP) is 1.92. The standard InChI is InChI=1S/C18H23N3O3S/c1-13-10-14(2)21(19-13)16-8-9-20(12-16)18(22)11-15-4-6-17(7-5-15)25(3,23)24/h4-7,10,16H,8-9,11-12H2,1-3H3/t16-/m1/s1. The van der Waals surface area contributed by atoms with E-state index in [2.05, 4.69) is 5.10 Å². The molecule has 3 rings (SSSR count). The lowest BCUT2D eigenvalue weighted by atomic mass is 10.1. The molecular weight excluding hydrogens is 338 g/mol. The first kappa shape index (κ1) is 17.7. The first-order valence-electron chi connectivity index (χ1n) is 8.33. The molecule has 134 valence electrons. The van der Waals surface area contributed by atoms with Crippen molar-refractivity contribution in [1.82, 2.24) is 14.7 Å². The molecular formula is C18H23N3O3S. The molecule has 7 heteroatoms. The maximum Gasteiger partial charge on any atom is 0.227 e. The fraction of sp³-hybridized carbons (Fsp3) is 0.444. The third-order valence-electron chi connectivity index (χ3n) is 4.61. The number of amides is 1. The molecule has 0 bridgehead atoms. The van der Waals surface area contributed by atoms with Crippen molar-refractivity contribution in [2.45, 2.75) is 37.6 Å². The van der Waals surface area contributed by atoms with Crippen molar-refractivity contribution in [2.75, 3.05) is 19.3 Å². The number of carbonyl (C=O) groups excluding carboxylic acids is 1. The van der Waals surface area contributed by atoms with Gasteiger partial charge in [0, 0.05) is 25.0 Å². The summed E-state index contributed by atoms with van der Waals surface area (Å²) in [6.45, 7) is 5.40. The average Bonchev–Trinajstić information content (AvgIpc) is 3.13.